The molecule has 0 amide bonds. The Morgan fingerprint density at radius 2 is 0.474 bits per heavy atom. The molecular weight excluding hydrogens is 1270 g/mol. The van der Waals surface area contributed by atoms with Crippen LogP contribution >= 0.6 is 15.6 Å². The number of ether oxygens (including phenoxy) is 4. The highest BCUT2D eigenvalue weighted by molar-refractivity contribution is 7.47. The molecule has 2 unspecified atom stereocenters. The molecule has 19 heteroatoms. The lowest BCUT2D eigenvalue weighted by Gasteiger charge is -2.21. The van der Waals surface area contributed by atoms with E-state index < -0.39 is 97.5 Å². The van der Waals surface area contributed by atoms with Crippen molar-refractivity contribution in [2.24, 2.45) is 17.8 Å². The summed E-state index contributed by atoms with van der Waals surface area (Å²) in [5.41, 5.74) is 0. The average molecular weight is 1420 g/mol. The third-order valence-electron chi connectivity index (χ3n) is 18.1. The van der Waals surface area contributed by atoms with Crippen LogP contribution < -0.4 is 0 Å². The third-order valence-corrected chi connectivity index (χ3v) is 20.0. The molecule has 0 aromatic rings. The summed E-state index contributed by atoms with van der Waals surface area (Å²) in [5.74, 6) is 0.229. The van der Waals surface area contributed by atoms with Gasteiger partial charge in [0.25, 0.3) is 0 Å². The fourth-order valence-corrected chi connectivity index (χ4v) is 13.5. The van der Waals surface area contributed by atoms with Crippen LogP contribution in [0.1, 0.15) is 402 Å². The SMILES string of the molecule is CCCCCCCCCCCCCC(=O)OC[C@H](COP(=O)(O)OC[C@H](O)COP(=O)(O)OC[C@@H](COC(=O)CCCCCCCCCCCCCCC(C)C)OC(=O)CCCCCCCCCCCCCCCCC(C)C)OC(=O)CCCCCCCCCCCCCC(C)C. The number of carbonyl (C=O) groups is 4. The zero-order chi connectivity index (χ0) is 71.6. The standard InChI is InChI=1S/C78H152O17P2/c1-8-9-10-11-12-13-21-31-38-45-52-59-75(80)88-65-73(95-78(83)62-55-48-41-34-27-20-24-30-37-44-51-58-71(6)7)67-92-96(84,85)90-63-72(79)64-91-97(86,87)93-68-74(66-89-76(81)60-53-46-39-32-25-19-18-23-29-36-43-50-57-70(4)5)94-77(82)61-54-47-40-33-26-17-15-14-16-22-28-35-42-49-56-69(2)3/h69-74,79H,8-68H2,1-7H3,(H,84,85)(H,86,87)/t72-,73+,74+/m0/s1. The monoisotopic (exact) mass is 1420 g/mol. The van der Waals surface area contributed by atoms with Gasteiger partial charge in [0, 0.05) is 25.7 Å². The van der Waals surface area contributed by atoms with Crippen LogP contribution in [0.5, 0.6) is 0 Å². The molecule has 0 aliphatic carbocycles. The third kappa shape index (κ3) is 72.2. The van der Waals surface area contributed by atoms with Gasteiger partial charge in [0.05, 0.1) is 26.4 Å². The van der Waals surface area contributed by atoms with Gasteiger partial charge in [-0.2, -0.15) is 0 Å². The van der Waals surface area contributed by atoms with Crippen LogP contribution in [-0.4, -0.2) is 96.7 Å². The summed E-state index contributed by atoms with van der Waals surface area (Å²) in [7, 11) is -9.92. The highest BCUT2D eigenvalue weighted by Crippen LogP contribution is 2.45. The summed E-state index contributed by atoms with van der Waals surface area (Å²) in [5, 5.41) is 10.6. The van der Waals surface area contributed by atoms with Crippen molar-refractivity contribution in [2.75, 3.05) is 39.6 Å². The Morgan fingerprint density at radius 1 is 0.278 bits per heavy atom. The van der Waals surface area contributed by atoms with Gasteiger partial charge in [-0.15, -0.1) is 0 Å². The zero-order valence-electron chi connectivity index (χ0n) is 63.5. The highest BCUT2D eigenvalue weighted by Gasteiger charge is 2.30. The summed E-state index contributed by atoms with van der Waals surface area (Å²) in [6, 6.07) is 0. The van der Waals surface area contributed by atoms with Crippen molar-refractivity contribution < 1.29 is 80.2 Å². The second kappa shape index (κ2) is 68.5. The molecule has 17 nitrogen and oxygen atoms in total. The van der Waals surface area contributed by atoms with E-state index in [0.717, 1.165) is 108 Å². The summed E-state index contributed by atoms with van der Waals surface area (Å²) in [6.45, 7) is 12.0. The predicted molar refractivity (Wildman–Crippen MR) is 395 cm³/mol. The van der Waals surface area contributed by atoms with Gasteiger partial charge in [-0.05, 0) is 43.4 Å². The molecule has 0 aliphatic heterocycles. The molecular formula is C78H152O17P2. The normalized spacial score (nSPS) is 14.0. The largest absolute Gasteiger partial charge is 0.472 e. The van der Waals surface area contributed by atoms with E-state index in [9.17, 15) is 43.2 Å². The maximum absolute atomic E-state index is 13.1. The summed E-state index contributed by atoms with van der Waals surface area (Å²) in [4.78, 5) is 72.9. The van der Waals surface area contributed by atoms with Crippen LogP contribution in [0.25, 0.3) is 0 Å². The molecule has 0 bridgehead atoms. The van der Waals surface area contributed by atoms with Crippen LogP contribution in [0, 0.1) is 17.8 Å². The molecule has 97 heavy (non-hydrogen) atoms. The number of hydrogen-bond acceptors (Lipinski definition) is 15. The minimum atomic E-state index is -4.96. The first-order chi connectivity index (χ1) is 46.7. The van der Waals surface area contributed by atoms with Crippen molar-refractivity contribution in [2.45, 2.75) is 420 Å². The van der Waals surface area contributed by atoms with Gasteiger partial charge >= 0.3 is 39.5 Å². The first-order valence-electron chi connectivity index (χ1n) is 40.3. The smallest absolute Gasteiger partial charge is 0.462 e. The fourth-order valence-electron chi connectivity index (χ4n) is 12.0. The van der Waals surface area contributed by atoms with E-state index in [1.165, 1.54) is 212 Å². The van der Waals surface area contributed by atoms with Crippen molar-refractivity contribution in [3.05, 3.63) is 0 Å². The number of phosphoric ester groups is 2. The molecule has 5 atom stereocenters. The van der Waals surface area contributed by atoms with Gasteiger partial charge in [0.2, 0.25) is 0 Å². The second-order valence-electron chi connectivity index (χ2n) is 29.5. The average Bonchev–Trinajstić information content (AvgIpc) is 1.31. The Labute approximate surface area is 594 Å². The Bertz CT molecular complexity index is 1890. The number of unbranched alkanes of at least 4 members (excludes halogenated alkanes) is 44. The highest BCUT2D eigenvalue weighted by atomic mass is 31.2. The Morgan fingerprint density at radius 3 is 0.701 bits per heavy atom. The van der Waals surface area contributed by atoms with Crippen molar-refractivity contribution >= 4 is 39.5 Å². The summed E-state index contributed by atoms with van der Waals surface area (Å²) in [6.07, 6.45) is 55.3. The van der Waals surface area contributed by atoms with E-state index in [1.54, 1.807) is 0 Å². The van der Waals surface area contributed by atoms with E-state index in [2.05, 4.69) is 48.5 Å². The zero-order valence-corrected chi connectivity index (χ0v) is 65.3. The number of hydrogen-bond donors (Lipinski definition) is 3. The first-order valence-corrected chi connectivity index (χ1v) is 43.3. The lowest BCUT2D eigenvalue weighted by molar-refractivity contribution is -0.161. The van der Waals surface area contributed by atoms with Crippen LogP contribution in [0.3, 0.4) is 0 Å². The molecule has 0 aromatic heterocycles. The van der Waals surface area contributed by atoms with Gasteiger partial charge in [0.15, 0.2) is 12.2 Å². The molecule has 0 fully saturated rings. The van der Waals surface area contributed by atoms with E-state index in [1.807, 2.05) is 0 Å². The molecule has 0 aromatic carbocycles. The van der Waals surface area contributed by atoms with Crippen LogP contribution in [0.4, 0.5) is 0 Å². The number of rotatable bonds is 76. The molecule has 0 rings (SSSR count). The molecule has 0 heterocycles. The summed E-state index contributed by atoms with van der Waals surface area (Å²) >= 11 is 0. The topological polar surface area (TPSA) is 237 Å². The van der Waals surface area contributed by atoms with Crippen molar-refractivity contribution in [3.8, 4) is 0 Å². The lowest BCUT2D eigenvalue weighted by atomic mass is 10.0. The number of phosphoric acid groups is 2. The van der Waals surface area contributed by atoms with Gasteiger partial charge in [-0.25, -0.2) is 9.13 Å². The van der Waals surface area contributed by atoms with E-state index in [0.29, 0.717) is 25.7 Å². The molecule has 3 N–H and O–H groups in total. The number of aliphatic hydroxyl groups excluding tert-OH is 1. The maximum atomic E-state index is 13.1. The van der Waals surface area contributed by atoms with Gasteiger partial charge in [0.1, 0.15) is 19.3 Å². The van der Waals surface area contributed by atoms with Crippen LogP contribution in [0.2, 0.25) is 0 Å². The molecule has 0 spiro atoms. The quantitative estimate of drug-likeness (QED) is 0.0222. The van der Waals surface area contributed by atoms with Gasteiger partial charge in [-0.1, -0.05) is 350 Å². The lowest BCUT2D eigenvalue weighted by Crippen LogP contribution is -2.30. The van der Waals surface area contributed by atoms with E-state index >= 15 is 0 Å². The van der Waals surface area contributed by atoms with Crippen molar-refractivity contribution in [3.63, 3.8) is 0 Å². The predicted octanol–water partition coefficient (Wildman–Crippen LogP) is 23.0. The number of aliphatic hydroxyl groups is 1. The molecule has 0 saturated carbocycles. The Balaban J connectivity index is 5.26. The number of esters is 4. The number of carbonyl (C=O) groups excluding carboxylic acids is 4. The van der Waals surface area contributed by atoms with Crippen molar-refractivity contribution in [1.82, 2.24) is 0 Å². The second-order valence-corrected chi connectivity index (χ2v) is 32.4. The van der Waals surface area contributed by atoms with E-state index in [-0.39, 0.29) is 25.7 Å². The molecule has 0 saturated heterocycles. The molecule has 576 valence electrons. The Hall–Kier alpha value is -1.94. The summed E-state index contributed by atoms with van der Waals surface area (Å²) < 4.78 is 68.6. The first kappa shape index (κ1) is 95.1. The fraction of sp³-hybridized carbons (Fsp3) is 0.949. The molecule has 0 aliphatic rings. The minimum Gasteiger partial charge on any atom is -0.462 e. The van der Waals surface area contributed by atoms with E-state index in [4.69, 9.17) is 37.0 Å². The maximum Gasteiger partial charge on any atom is 0.472 e. The Kier molecular flexibility index (Phi) is 67.1. The van der Waals surface area contributed by atoms with Crippen LogP contribution in [0.15, 0.2) is 0 Å². The van der Waals surface area contributed by atoms with Crippen molar-refractivity contribution in [1.29, 1.82) is 0 Å². The molecule has 0 radical (unpaired) electrons. The van der Waals surface area contributed by atoms with Gasteiger partial charge < -0.3 is 33.8 Å². The van der Waals surface area contributed by atoms with Gasteiger partial charge in [-0.3, -0.25) is 37.3 Å². The minimum absolute atomic E-state index is 0.107. The van der Waals surface area contributed by atoms with Crippen LogP contribution in [-0.2, 0) is 65.4 Å².